The third-order valence-electron chi connectivity index (χ3n) is 4.20. The van der Waals surface area contributed by atoms with Crippen molar-refractivity contribution in [3.63, 3.8) is 0 Å². The molecule has 2 aromatic carbocycles. The highest BCUT2D eigenvalue weighted by atomic mass is 19.1. The quantitative estimate of drug-likeness (QED) is 0.919. The SMILES string of the molecule is CN1N=C(c2cc(F)ccc2F)CC1(C)c1cccc(O)c1. The van der Waals surface area contributed by atoms with Gasteiger partial charge < -0.3 is 5.11 Å². The molecule has 1 unspecified atom stereocenters. The average Bonchev–Trinajstić information content (AvgIpc) is 2.78. The lowest BCUT2D eigenvalue weighted by Gasteiger charge is -2.32. The van der Waals surface area contributed by atoms with Crippen LogP contribution in [0.5, 0.6) is 5.75 Å². The fourth-order valence-corrected chi connectivity index (χ4v) is 2.76. The third kappa shape index (κ3) is 2.32. The molecule has 0 saturated carbocycles. The molecule has 0 fully saturated rings. The standard InChI is InChI=1S/C17H16F2N2O/c1-17(11-4-3-5-13(22)8-11)10-16(20-21(17)2)14-9-12(18)6-7-15(14)19/h3-9,22H,10H2,1-2H3. The molecule has 0 bridgehead atoms. The van der Waals surface area contributed by atoms with E-state index in [0.717, 1.165) is 23.8 Å². The summed E-state index contributed by atoms with van der Waals surface area (Å²) in [5.41, 5.74) is 1.01. The summed E-state index contributed by atoms with van der Waals surface area (Å²) in [7, 11) is 1.79. The van der Waals surface area contributed by atoms with Crippen molar-refractivity contribution in [2.75, 3.05) is 7.05 Å². The molecule has 0 aromatic heterocycles. The predicted molar refractivity (Wildman–Crippen MR) is 80.7 cm³/mol. The van der Waals surface area contributed by atoms with E-state index in [4.69, 9.17) is 0 Å². The van der Waals surface area contributed by atoms with E-state index in [1.165, 1.54) is 0 Å². The van der Waals surface area contributed by atoms with Crippen LogP contribution in [0.4, 0.5) is 8.78 Å². The van der Waals surface area contributed by atoms with Crippen molar-refractivity contribution in [3.05, 3.63) is 65.2 Å². The lowest BCUT2D eigenvalue weighted by molar-refractivity contribution is 0.174. The van der Waals surface area contributed by atoms with Gasteiger partial charge in [-0.05, 0) is 42.8 Å². The third-order valence-corrected chi connectivity index (χ3v) is 4.20. The number of phenols is 1. The largest absolute Gasteiger partial charge is 0.508 e. The smallest absolute Gasteiger partial charge is 0.132 e. The van der Waals surface area contributed by atoms with Gasteiger partial charge in [0.15, 0.2) is 0 Å². The monoisotopic (exact) mass is 302 g/mol. The Balaban J connectivity index is 1.99. The van der Waals surface area contributed by atoms with E-state index < -0.39 is 17.2 Å². The van der Waals surface area contributed by atoms with Gasteiger partial charge in [-0.25, -0.2) is 8.78 Å². The fraction of sp³-hybridized carbons (Fsp3) is 0.235. The van der Waals surface area contributed by atoms with Crippen LogP contribution >= 0.6 is 0 Å². The van der Waals surface area contributed by atoms with Crippen LogP contribution in [-0.4, -0.2) is 22.9 Å². The first-order valence-corrected chi connectivity index (χ1v) is 6.96. The Bertz CT molecular complexity index is 760. The van der Waals surface area contributed by atoms with Crippen LogP contribution < -0.4 is 0 Å². The molecule has 0 aliphatic carbocycles. The molecule has 1 N–H and O–H groups in total. The van der Waals surface area contributed by atoms with Crippen molar-refractivity contribution in [1.82, 2.24) is 5.01 Å². The minimum Gasteiger partial charge on any atom is -0.508 e. The number of aromatic hydroxyl groups is 1. The van der Waals surface area contributed by atoms with Crippen LogP contribution in [0, 0.1) is 11.6 Å². The molecule has 0 radical (unpaired) electrons. The number of halogens is 2. The highest BCUT2D eigenvalue weighted by Gasteiger charge is 2.39. The average molecular weight is 302 g/mol. The molecule has 0 amide bonds. The molecule has 3 rings (SSSR count). The van der Waals surface area contributed by atoms with Crippen LogP contribution in [-0.2, 0) is 5.54 Å². The zero-order valence-corrected chi connectivity index (χ0v) is 12.3. The van der Waals surface area contributed by atoms with Gasteiger partial charge in [-0.3, -0.25) is 5.01 Å². The first-order chi connectivity index (χ1) is 10.4. The second kappa shape index (κ2) is 5.09. The Morgan fingerprint density at radius 2 is 1.95 bits per heavy atom. The summed E-state index contributed by atoms with van der Waals surface area (Å²) in [5, 5.41) is 15.8. The molecule has 22 heavy (non-hydrogen) atoms. The number of nitrogens with zero attached hydrogens (tertiary/aromatic N) is 2. The van der Waals surface area contributed by atoms with E-state index in [0.29, 0.717) is 12.1 Å². The van der Waals surface area contributed by atoms with Gasteiger partial charge in [0, 0.05) is 19.0 Å². The van der Waals surface area contributed by atoms with Gasteiger partial charge in [0.05, 0.1) is 11.3 Å². The molecular weight excluding hydrogens is 286 g/mol. The van der Waals surface area contributed by atoms with Crippen molar-refractivity contribution in [1.29, 1.82) is 0 Å². The van der Waals surface area contributed by atoms with Gasteiger partial charge in [-0.15, -0.1) is 0 Å². The molecular formula is C17H16F2N2O. The highest BCUT2D eigenvalue weighted by molar-refractivity contribution is 6.02. The second-order valence-corrected chi connectivity index (χ2v) is 5.70. The Hall–Kier alpha value is -2.43. The van der Waals surface area contributed by atoms with Crippen molar-refractivity contribution in [2.24, 2.45) is 5.10 Å². The Kier molecular flexibility index (Phi) is 3.35. The van der Waals surface area contributed by atoms with E-state index in [1.807, 2.05) is 13.0 Å². The van der Waals surface area contributed by atoms with E-state index >= 15 is 0 Å². The van der Waals surface area contributed by atoms with E-state index in [-0.39, 0.29) is 11.3 Å². The first-order valence-electron chi connectivity index (χ1n) is 6.96. The lowest BCUT2D eigenvalue weighted by Crippen LogP contribution is -2.34. The number of benzene rings is 2. The Morgan fingerprint density at radius 3 is 2.68 bits per heavy atom. The molecule has 3 nitrogen and oxygen atoms in total. The van der Waals surface area contributed by atoms with Gasteiger partial charge in [0.2, 0.25) is 0 Å². The van der Waals surface area contributed by atoms with Gasteiger partial charge in [0.1, 0.15) is 17.4 Å². The molecule has 5 heteroatoms. The highest BCUT2D eigenvalue weighted by Crippen LogP contribution is 2.38. The van der Waals surface area contributed by atoms with Crippen molar-refractivity contribution in [3.8, 4) is 5.75 Å². The number of hydrazone groups is 1. The van der Waals surface area contributed by atoms with E-state index in [1.54, 1.807) is 30.3 Å². The van der Waals surface area contributed by atoms with E-state index in [9.17, 15) is 13.9 Å². The lowest BCUT2D eigenvalue weighted by atomic mass is 9.86. The minimum absolute atomic E-state index is 0.164. The Morgan fingerprint density at radius 1 is 1.18 bits per heavy atom. The summed E-state index contributed by atoms with van der Waals surface area (Å²) in [4.78, 5) is 0. The number of hydrogen-bond donors (Lipinski definition) is 1. The molecule has 1 aliphatic rings. The summed E-state index contributed by atoms with van der Waals surface area (Å²) in [6.45, 7) is 1.95. The van der Waals surface area contributed by atoms with Crippen LogP contribution in [0.25, 0.3) is 0 Å². The second-order valence-electron chi connectivity index (χ2n) is 5.70. The van der Waals surface area contributed by atoms with Crippen LogP contribution in [0.3, 0.4) is 0 Å². The summed E-state index contributed by atoms with van der Waals surface area (Å²) in [6, 6.07) is 10.3. The van der Waals surface area contributed by atoms with Gasteiger partial charge >= 0.3 is 0 Å². The summed E-state index contributed by atoms with van der Waals surface area (Å²) < 4.78 is 27.4. The summed E-state index contributed by atoms with van der Waals surface area (Å²) in [6.07, 6.45) is 0.424. The number of hydrogen-bond acceptors (Lipinski definition) is 3. The zero-order valence-electron chi connectivity index (χ0n) is 12.3. The maximum atomic E-state index is 14.0. The van der Waals surface area contributed by atoms with Gasteiger partial charge in [0.25, 0.3) is 0 Å². The van der Waals surface area contributed by atoms with Crippen molar-refractivity contribution in [2.45, 2.75) is 18.9 Å². The van der Waals surface area contributed by atoms with Crippen molar-refractivity contribution < 1.29 is 13.9 Å². The molecule has 2 aromatic rings. The molecule has 1 heterocycles. The molecule has 114 valence electrons. The first kappa shape index (κ1) is 14.5. The normalized spacial score (nSPS) is 21.1. The number of phenolic OH excluding ortho intramolecular Hbond substituents is 1. The topological polar surface area (TPSA) is 35.8 Å². The summed E-state index contributed by atoms with van der Waals surface area (Å²) >= 11 is 0. The molecule has 1 atom stereocenters. The fourth-order valence-electron chi connectivity index (χ4n) is 2.76. The van der Waals surface area contributed by atoms with Gasteiger partial charge in [-0.1, -0.05) is 12.1 Å². The predicted octanol–water partition coefficient (Wildman–Crippen LogP) is 3.63. The molecule has 0 saturated heterocycles. The Labute approximate surface area is 127 Å². The van der Waals surface area contributed by atoms with Crippen LogP contribution in [0.1, 0.15) is 24.5 Å². The van der Waals surface area contributed by atoms with Crippen LogP contribution in [0.15, 0.2) is 47.6 Å². The maximum Gasteiger partial charge on any atom is 0.132 e. The zero-order chi connectivity index (χ0) is 15.9. The molecule has 0 spiro atoms. The van der Waals surface area contributed by atoms with Gasteiger partial charge in [-0.2, -0.15) is 5.10 Å². The summed E-state index contributed by atoms with van der Waals surface area (Å²) in [5.74, 6) is -0.820. The number of rotatable bonds is 2. The maximum absolute atomic E-state index is 14.0. The molecule has 1 aliphatic heterocycles. The minimum atomic E-state index is -0.521. The van der Waals surface area contributed by atoms with E-state index in [2.05, 4.69) is 5.10 Å². The van der Waals surface area contributed by atoms with Crippen molar-refractivity contribution >= 4 is 5.71 Å². The van der Waals surface area contributed by atoms with Crippen LogP contribution in [0.2, 0.25) is 0 Å².